The van der Waals surface area contributed by atoms with Crippen molar-refractivity contribution in [2.75, 3.05) is 7.11 Å². The lowest BCUT2D eigenvalue weighted by Crippen LogP contribution is -2.38. The van der Waals surface area contributed by atoms with Crippen LogP contribution >= 0.6 is 0 Å². The van der Waals surface area contributed by atoms with Crippen LogP contribution in [-0.2, 0) is 14.1 Å². The largest absolute Gasteiger partial charge is 0.854 e. The van der Waals surface area contributed by atoms with Crippen molar-refractivity contribution in [3.8, 4) is 11.6 Å². The third-order valence-electron chi connectivity index (χ3n) is 3.19. The van der Waals surface area contributed by atoms with Gasteiger partial charge < -0.3 is 14.4 Å². The fourth-order valence-electron chi connectivity index (χ4n) is 1.86. The summed E-state index contributed by atoms with van der Waals surface area (Å²) in [4.78, 5) is 14.8. The van der Waals surface area contributed by atoms with Crippen molar-refractivity contribution >= 4 is 11.9 Å². The van der Waals surface area contributed by atoms with Gasteiger partial charge in [0, 0.05) is 14.1 Å². The Labute approximate surface area is 131 Å². The van der Waals surface area contributed by atoms with Crippen LogP contribution in [0.5, 0.6) is 11.6 Å². The number of aromatic nitrogens is 2. The molecule has 2 aromatic rings. The maximum atomic E-state index is 11.9. The van der Waals surface area contributed by atoms with Crippen LogP contribution in [0.3, 0.4) is 0 Å². The summed E-state index contributed by atoms with van der Waals surface area (Å²) in [5.74, 6) is -0.0524. The standard InChI is InChI=1S/C14H14N6O3/c1-19-12(11(17-15)13(21)20(2)14(19)22)18-16-8-9-4-6-10(23-3)7-5-9/h4-8H,1-3H3. The molecule has 0 spiro atoms. The molecule has 0 radical (unpaired) electrons. The van der Waals surface area contributed by atoms with E-state index in [0.29, 0.717) is 5.75 Å². The Kier molecular flexibility index (Phi) is 4.56. The predicted molar refractivity (Wildman–Crippen MR) is 81.0 cm³/mol. The zero-order chi connectivity index (χ0) is 17.0. The van der Waals surface area contributed by atoms with Gasteiger partial charge in [0.2, 0.25) is 5.39 Å². The summed E-state index contributed by atoms with van der Waals surface area (Å²) in [6, 6.07) is 7.03. The molecule has 0 aliphatic heterocycles. The quantitative estimate of drug-likeness (QED) is 0.458. The van der Waals surface area contributed by atoms with Gasteiger partial charge in [0.15, 0.2) is 4.98 Å². The third-order valence-corrected chi connectivity index (χ3v) is 3.19. The fraction of sp³-hybridized carbons (Fsp3) is 0.214. The lowest BCUT2D eigenvalue weighted by molar-refractivity contribution is -0.278. The van der Waals surface area contributed by atoms with Crippen molar-refractivity contribution in [1.82, 2.24) is 9.13 Å². The van der Waals surface area contributed by atoms with Crippen LogP contribution < -0.4 is 21.0 Å². The van der Waals surface area contributed by atoms with Gasteiger partial charge in [-0.25, -0.2) is 4.79 Å². The zero-order valence-corrected chi connectivity index (χ0v) is 12.8. The Morgan fingerprint density at radius 2 is 1.91 bits per heavy atom. The molecule has 0 aliphatic rings. The van der Waals surface area contributed by atoms with Crippen LogP contribution in [-0.4, -0.2) is 22.5 Å². The van der Waals surface area contributed by atoms with E-state index in [0.717, 1.165) is 14.7 Å². The highest BCUT2D eigenvalue weighted by Crippen LogP contribution is 2.14. The Bertz CT molecular complexity index is 916. The van der Waals surface area contributed by atoms with Crippen molar-refractivity contribution in [2.45, 2.75) is 0 Å². The number of benzene rings is 1. The molecule has 0 bridgehead atoms. The SMILES string of the molecule is COc1ccc(C=NN=c2c([N+]#N)c([O-])n(C)c(=O)n2C)cc1. The van der Waals surface area contributed by atoms with Gasteiger partial charge in [-0.05, 0) is 29.8 Å². The Hall–Kier alpha value is -3.41. The molecule has 0 atom stereocenters. The minimum absolute atomic E-state index is 0.134. The van der Waals surface area contributed by atoms with Gasteiger partial charge >= 0.3 is 11.4 Å². The number of ether oxygens (including phenoxy) is 1. The molecule has 2 rings (SSSR count). The van der Waals surface area contributed by atoms with Gasteiger partial charge in [-0.2, -0.15) is 5.10 Å². The molecular formula is C14H14N6O3. The zero-order valence-electron chi connectivity index (χ0n) is 12.8. The van der Waals surface area contributed by atoms with Gasteiger partial charge in [-0.1, -0.05) is 0 Å². The first-order valence-electron chi connectivity index (χ1n) is 6.52. The predicted octanol–water partition coefficient (Wildman–Crippen LogP) is 0.225. The molecule has 0 saturated carbocycles. The van der Waals surface area contributed by atoms with E-state index in [1.165, 1.54) is 20.3 Å². The van der Waals surface area contributed by atoms with E-state index < -0.39 is 11.6 Å². The highest BCUT2D eigenvalue weighted by molar-refractivity contribution is 5.79. The molecule has 118 valence electrons. The molecule has 0 saturated heterocycles. The van der Waals surface area contributed by atoms with Crippen LogP contribution in [0.4, 0.5) is 5.69 Å². The highest BCUT2D eigenvalue weighted by Gasteiger charge is 2.18. The summed E-state index contributed by atoms with van der Waals surface area (Å²) in [6.07, 6.45) is 1.43. The molecule has 9 nitrogen and oxygen atoms in total. The van der Waals surface area contributed by atoms with Crippen LogP contribution in [0.1, 0.15) is 5.56 Å². The summed E-state index contributed by atoms with van der Waals surface area (Å²) < 4.78 is 6.94. The van der Waals surface area contributed by atoms with Gasteiger partial charge in [-0.15, -0.1) is 5.10 Å². The van der Waals surface area contributed by atoms with Crippen molar-refractivity contribution in [2.24, 2.45) is 24.3 Å². The minimum Gasteiger partial charge on any atom is -0.854 e. The first-order valence-corrected chi connectivity index (χ1v) is 6.52. The van der Waals surface area contributed by atoms with Gasteiger partial charge in [0.1, 0.15) is 5.75 Å². The average Bonchev–Trinajstić information content (AvgIpc) is 2.58. The fourth-order valence-corrected chi connectivity index (χ4v) is 1.86. The maximum Gasteiger partial charge on any atom is 0.437 e. The molecular weight excluding hydrogens is 300 g/mol. The van der Waals surface area contributed by atoms with E-state index >= 15 is 0 Å². The number of rotatable bonds is 3. The highest BCUT2D eigenvalue weighted by atomic mass is 16.5. The van der Waals surface area contributed by atoms with E-state index in [1.807, 2.05) is 0 Å². The number of methoxy groups -OCH3 is 1. The molecule has 1 aromatic heterocycles. The molecule has 0 fully saturated rings. The van der Waals surface area contributed by atoms with Crippen molar-refractivity contribution in [1.29, 1.82) is 5.39 Å². The van der Waals surface area contributed by atoms with Crippen LogP contribution in [0.2, 0.25) is 0 Å². The second-order valence-corrected chi connectivity index (χ2v) is 4.60. The molecule has 1 aromatic carbocycles. The van der Waals surface area contributed by atoms with Gasteiger partial charge in [-0.3, -0.25) is 4.57 Å². The Balaban J connectivity index is 2.49. The van der Waals surface area contributed by atoms with Crippen molar-refractivity contribution in [3.05, 3.63) is 50.8 Å². The first kappa shape index (κ1) is 16.0. The topological polar surface area (TPSA) is 112 Å². The second-order valence-electron chi connectivity index (χ2n) is 4.60. The number of hydrogen-bond acceptors (Lipinski definition) is 6. The number of nitrogens with zero attached hydrogens (tertiary/aromatic N) is 6. The molecule has 0 N–H and O–H groups in total. The number of diazo groups is 1. The minimum atomic E-state index is -0.756. The first-order chi connectivity index (χ1) is 11.0. The average molecular weight is 314 g/mol. The summed E-state index contributed by atoms with van der Waals surface area (Å²) in [5.41, 5.74) is -0.349. The molecule has 0 amide bonds. The third kappa shape index (κ3) is 3.11. The van der Waals surface area contributed by atoms with E-state index in [4.69, 9.17) is 10.1 Å². The summed E-state index contributed by atoms with van der Waals surface area (Å²) in [5, 5.41) is 28.5. The normalized spacial score (nSPS) is 11.7. The van der Waals surface area contributed by atoms with E-state index in [-0.39, 0.29) is 11.2 Å². The van der Waals surface area contributed by atoms with E-state index in [1.54, 1.807) is 31.4 Å². The van der Waals surface area contributed by atoms with Gasteiger partial charge in [0.25, 0.3) is 5.49 Å². The summed E-state index contributed by atoms with van der Waals surface area (Å²) >= 11 is 0. The maximum absolute atomic E-state index is 11.9. The summed E-state index contributed by atoms with van der Waals surface area (Å²) in [7, 11) is 4.25. The van der Waals surface area contributed by atoms with Crippen molar-refractivity contribution < 1.29 is 9.84 Å². The van der Waals surface area contributed by atoms with Crippen molar-refractivity contribution in [3.63, 3.8) is 0 Å². The lowest BCUT2D eigenvalue weighted by Gasteiger charge is -2.09. The number of hydrogen-bond donors (Lipinski definition) is 0. The molecule has 9 heteroatoms. The van der Waals surface area contributed by atoms with Gasteiger partial charge in [0.05, 0.1) is 19.2 Å². The summed E-state index contributed by atoms with van der Waals surface area (Å²) in [6.45, 7) is 0. The van der Waals surface area contributed by atoms with E-state index in [2.05, 4.69) is 15.2 Å². The van der Waals surface area contributed by atoms with Crippen LogP contribution in [0, 0.1) is 5.39 Å². The Morgan fingerprint density at radius 3 is 2.48 bits per heavy atom. The van der Waals surface area contributed by atoms with Crippen LogP contribution in [0.15, 0.2) is 39.3 Å². The molecule has 0 aliphatic carbocycles. The second kappa shape index (κ2) is 6.57. The van der Waals surface area contributed by atoms with Crippen LogP contribution in [0.25, 0.3) is 4.98 Å². The lowest BCUT2D eigenvalue weighted by atomic mass is 10.2. The smallest absolute Gasteiger partial charge is 0.437 e. The molecule has 0 unspecified atom stereocenters. The molecule has 23 heavy (non-hydrogen) atoms. The monoisotopic (exact) mass is 314 g/mol. The molecule has 1 heterocycles. The van der Waals surface area contributed by atoms with E-state index in [9.17, 15) is 9.90 Å². The Morgan fingerprint density at radius 1 is 1.26 bits per heavy atom.